The highest BCUT2D eigenvalue weighted by Crippen LogP contribution is 2.24. The third-order valence-electron chi connectivity index (χ3n) is 2.29. The van der Waals surface area contributed by atoms with E-state index in [4.69, 9.17) is 4.55 Å². The quantitative estimate of drug-likeness (QED) is 0.568. The molecule has 0 saturated heterocycles. The Hall–Kier alpha value is -0.620. The van der Waals surface area contributed by atoms with Crippen molar-refractivity contribution in [3.05, 3.63) is 0 Å². The molecule has 1 fully saturated rings. The van der Waals surface area contributed by atoms with E-state index in [1.807, 2.05) is 0 Å². The molecule has 0 heterocycles. The molecule has 5 nitrogen and oxygen atoms in total. The minimum absolute atomic E-state index is 0.189. The van der Waals surface area contributed by atoms with Crippen LogP contribution in [0.1, 0.15) is 32.1 Å². The zero-order chi connectivity index (χ0) is 10.6. The lowest BCUT2D eigenvalue weighted by molar-refractivity contribution is -0.147. The molecule has 0 aromatic rings. The lowest BCUT2D eigenvalue weighted by Gasteiger charge is -2.19. The van der Waals surface area contributed by atoms with Gasteiger partial charge in [0.05, 0.1) is 5.92 Å². The fraction of sp³-hybridized carbons (Fsp3) is 0.875. The van der Waals surface area contributed by atoms with Gasteiger partial charge < -0.3 is 4.74 Å². The van der Waals surface area contributed by atoms with Crippen LogP contribution in [0.25, 0.3) is 0 Å². The third-order valence-corrected chi connectivity index (χ3v) is 2.70. The standard InChI is InChI=1S/C8H14O5S/c9-8(13-6-14(10,11)12)7-4-2-1-3-5-7/h7H,1-6H2,(H,10,11,12). The second-order valence-electron chi connectivity index (χ2n) is 3.50. The van der Waals surface area contributed by atoms with Gasteiger partial charge in [-0.2, -0.15) is 8.42 Å². The fourth-order valence-corrected chi connectivity index (χ4v) is 1.85. The average molecular weight is 222 g/mol. The minimum atomic E-state index is -4.20. The van der Waals surface area contributed by atoms with Crippen molar-refractivity contribution >= 4 is 16.1 Å². The summed E-state index contributed by atoms with van der Waals surface area (Å²) in [7, 11) is -4.20. The molecule has 1 saturated carbocycles. The maximum Gasteiger partial charge on any atom is 0.310 e. The van der Waals surface area contributed by atoms with Crippen LogP contribution in [0, 0.1) is 5.92 Å². The molecule has 0 spiro atoms. The molecule has 6 heteroatoms. The van der Waals surface area contributed by atoms with E-state index in [2.05, 4.69) is 4.74 Å². The van der Waals surface area contributed by atoms with E-state index >= 15 is 0 Å². The second kappa shape index (κ2) is 4.75. The molecule has 82 valence electrons. The Labute approximate surface area is 83.2 Å². The number of carbonyl (C=O) groups is 1. The predicted octanol–water partition coefficient (Wildman–Crippen LogP) is 0.955. The van der Waals surface area contributed by atoms with E-state index in [0.29, 0.717) is 0 Å². The Balaban J connectivity index is 2.34. The second-order valence-corrected chi connectivity index (χ2v) is 4.90. The summed E-state index contributed by atoms with van der Waals surface area (Å²) in [6.45, 7) is 0. The molecule has 1 rings (SSSR count). The van der Waals surface area contributed by atoms with Gasteiger partial charge in [0.2, 0.25) is 5.94 Å². The molecule has 0 atom stereocenters. The van der Waals surface area contributed by atoms with Gasteiger partial charge >= 0.3 is 16.1 Å². The van der Waals surface area contributed by atoms with Gasteiger partial charge in [0, 0.05) is 0 Å². The first-order chi connectivity index (χ1) is 6.49. The van der Waals surface area contributed by atoms with E-state index < -0.39 is 22.0 Å². The Morgan fingerprint density at radius 2 is 1.86 bits per heavy atom. The first-order valence-electron chi connectivity index (χ1n) is 4.61. The van der Waals surface area contributed by atoms with E-state index in [1.54, 1.807) is 0 Å². The summed E-state index contributed by atoms with van der Waals surface area (Å²) in [6, 6.07) is 0. The number of esters is 1. The SMILES string of the molecule is O=C(OCS(=O)(=O)O)C1CCCCC1. The molecule has 0 aromatic heterocycles. The topological polar surface area (TPSA) is 80.7 Å². The Kier molecular flexibility index (Phi) is 3.88. The van der Waals surface area contributed by atoms with Crippen LogP contribution >= 0.6 is 0 Å². The fourth-order valence-electron chi connectivity index (χ4n) is 1.59. The summed E-state index contributed by atoms with van der Waals surface area (Å²) in [5.74, 6) is -1.63. The van der Waals surface area contributed by atoms with Crippen LogP contribution in [-0.2, 0) is 19.6 Å². The van der Waals surface area contributed by atoms with Gasteiger partial charge in [-0.05, 0) is 12.8 Å². The highest BCUT2D eigenvalue weighted by molar-refractivity contribution is 7.85. The predicted molar refractivity (Wildman–Crippen MR) is 49.1 cm³/mol. The Morgan fingerprint density at radius 3 is 2.36 bits per heavy atom. The summed E-state index contributed by atoms with van der Waals surface area (Å²) in [4.78, 5) is 11.2. The molecule has 0 aliphatic heterocycles. The molecule has 0 unspecified atom stereocenters. The number of ether oxygens (including phenoxy) is 1. The van der Waals surface area contributed by atoms with E-state index in [1.165, 1.54) is 0 Å². The highest BCUT2D eigenvalue weighted by Gasteiger charge is 2.23. The summed E-state index contributed by atoms with van der Waals surface area (Å²) in [6.07, 6.45) is 4.58. The van der Waals surface area contributed by atoms with Gasteiger partial charge in [-0.25, -0.2) is 0 Å². The first kappa shape index (κ1) is 11.5. The van der Waals surface area contributed by atoms with Crippen LogP contribution in [0.4, 0.5) is 0 Å². The summed E-state index contributed by atoms with van der Waals surface area (Å²) >= 11 is 0. The Bertz CT molecular complexity index is 289. The van der Waals surface area contributed by atoms with Gasteiger partial charge in [0.1, 0.15) is 0 Å². The van der Waals surface area contributed by atoms with Gasteiger partial charge in [-0.15, -0.1) is 0 Å². The average Bonchev–Trinajstić information content (AvgIpc) is 2.14. The van der Waals surface area contributed by atoms with Gasteiger partial charge in [-0.1, -0.05) is 19.3 Å². The maximum atomic E-state index is 11.2. The number of rotatable bonds is 3. The van der Waals surface area contributed by atoms with E-state index in [9.17, 15) is 13.2 Å². The minimum Gasteiger partial charge on any atom is -0.446 e. The summed E-state index contributed by atoms with van der Waals surface area (Å²) < 4.78 is 33.4. The maximum absolute atomic E-state index is 11.2. The third kappa shape index (κ3) is 4.06. The molecular formula is C8H14O5S. The monoisotopic (exact) mass is 222 g/mol. The zero-order valence-corrected chi connectivity index (χ0v) is 8.62. The molecule has 1 aliphatic rings. The zero-order valence-electron chi connectivity index (χ0n) is 7.81. The largest absolute Gasteiger partial charge is 0.446 e. The molecule has 0 bridgehead atoms. The molecule has 1 N–H and O–H groups in total. The Morgan fingerprint density at radius 1 is 1.29 bits per heavy atom. The van der Waals surface area contributed by atoms with Crippen molar-refractivity contribution in [2.75, 3.05) is 5.94 Å². The highest BCUT2D eigenvalue weighted by atomic mass is 32.2. The van der Waals surface area contributed by atoms with Crippen molar-refractivity contribution in [2.24, 2.45) is 5.92 Å². The molecule has 0 aromatic carbocycles. The van der Waals surface area contributed by atoms with Crippen LogP contribution in [0.15, 0.2) is 0 Å². The number of hydrogen-bond donors (Lipinski definition) is 1. The van der Waals surface area contributed by atoms with Crippen molar-refractivity contribution in [1.29, 1.82) is 0 Å². The van der Waals surface area contributed by atoms with E-state index in [0.717, 1.165) is 32.1 Å². The van der Waals surface area contributed by atoms with E-state index in [-0.39, 0.29) is 5.92 Å². The van der Waals surface area contributed by atoms with Gasteiger partial charge in [0.25, 0.3) is 0 Å². The lowest BCUT2D eigenvalue weighted by atomic mass is 9.89. The van der Waals surface area contributed by atoms with Gasteiger partial charge in [-0.3, -0.25) is 9.35 Å². The van der Waals surface area contributed by atoms with Crippen LogP contribution in [0.3, 0.4) is 0 Å². The van der Waals surface area contributed by atoms with Gasteiger partial charge in [0.15, 0.2) is 0 Å². The summed E-state index contributed by atoms with van der Waals surface area (Å²) in [5.41, 5.74) is 0. The van der Waals surface area contributed by atoms with Crippen LogP contribution in [-0.4, -0.2) is 24.9 Å². The lowest BCUT2D eigenvalue weighted by Crippen LogP contribution is -2.23. The van der Waals surface area contributed by atoms with Crippen LogP contribution in [0.2, 0.25) is 0 Å². The van der Waals surface area contributed by atoms with Crippen molar-refractivity contribution in [1.82, 2.24) is 0 Å². The van der Waals surface area contributed by atoms with Crippen molar-refractivity contribution in [3.63, 3.8) is 0 Å². The van der Waals surface area contributed by atoms with Crippen molar-refractivity contribution < 1.29 is 22.5 Å². The van der Waals surface area contributed by atoms with Crippen molar-refractivity contribution in [3.8, 4) is 0 Å². The first-order valence-corrected chi connectivity index (χ1v) is 6.22. The summed E-state index contributed by atoms with van der Waals surface area (Å²) in [5, 5.41) is 0. The molecular weight excluding hydrogens is 208 g/mol. The smallest absolute Gasteiger partial charge is 0.310 e. The van der Waals surface area contributed by atoms with Crippen molar-refractivity contribution in [2.45, 2.75) is 32.1 Å². The van der Waals surface area contributed by atoms with Crippen LogP contribution in [0.5, 0.6) is 0 Å². The molecule has 0 amide bonds. The normalized spacial score (nSPS) is 19.2. The molecule has 0 radical (unpaired) electrons. The molecule has 1 aliphatic carbocycles. The van der Waals surface area contributed by atoms with Crippen LogP contribution < -0.4 is 0 Å². The number of hydrogen-bond acceptors (Lipinski definition) is 4. The molecule has 14 heavy (non-hydrogen) atoms. The number of carbonyl (C=O) groups excluding carboxylic acids is 1.